The van der Waals surface area contributed by atoms with Crippen LogP contribution < -0.4 is 10.1 Å². The second kappa shape index (κ2) is 9.33. The summed E-state index contributed by atoms with van der Waals surface area (Å²) in [6, 6.07) is 8.01. The maximum absolute atomic E-state index is 14.2. The summed E-state index contributed by atoms with van der Waals surface area (Å²) in [5.41, 5.74) is 2.71. The Balaban J connectivity index is 1.49. The summed E-state index contributed by atoms with van der Waals surface area (Å²) in [6.07, 6.45) is 3.49. The first-order valence-corrected chi connectivity index (χ1v) is 13.6. The lowest BCUT2D eigenvalue weighted by Gasteiger charge is -2.21. The third kappa shape index (κ3) is 4.82. The molecule has 186 valence electrons. The lowest BCUT2D eigenvalue weighted by molar-refractivity contribution is 0.0310. The Hall–Kier alpha value is -2.82. The van der Waals surface area contributed by atoms with Gasteiger partial charge in [0, 0.05) is 29.6 Å². The highest BCUT2D eigenvalue weighted by Crippen LogP contribution is 2.36. The van der Waals surface area contributed by atoms with Gasteiger partial charge in [-0.15, -0.1) is 0 Å². The summed E-state index contributed by atoms with van der Waals surface area (Å²) in [4.78, 5) is 8.84. The van der Waals surface area contributed by atoms with Crippen LogP contribution in [0.3, 0.4) is 0 Å². The van der Waals surface area contributed by atoms with E-state index in [1.165, 1.54) is 18.5 Å². The van der Waals surface area contributed by atoms with Crippen LogP contribution in [-0.4, -0.2) is 57.2 Å². The molecule has 0 bridgehead atoms. The van der Waals surface area contributed by atoms with Crippen LogP contribution >= 0.6 is 0 Å². The fourth-order valence-corrected chi connectivity index (χ4v) is 5.09. The van der Waals surface area contributed by atoms with E-state index < -0.39 is 15.5 Å². The SMILES string of the molecule is Cc1cc(N=S(C)(=O)C(C)C)cc2ncnc(Nc3ccc(F)cc3O[C@@H]3CO[C@@H]4CCOC43)c12. The van der Waals surface area contributed by atoms with Crippen molar-refractivity contribution in [1.29, 1.82) is 0 Å². The molecule has 8 nitrogen and oxygen atoms in total. The molecule has 10 heteroatoms. The molecule has 2 saturated heterocycles. The van der Waals surface area contributed by atoms with Gasteiger partial charge in [-0.05, 0) is 43.2 Å². The van der Waals surface area contributed by atoms with Crippen molar-refractivity contribution in [3.8, 4) is 5.75 Å². The lowest BCUT2D eigenvalue weighted by Crippen LogP contribution is -2.32. The number of aromatic nitrogens is 2. The first kappa shape index (κ1) is 23.9. The second-order valence-electron chi connectivity index (χ2n) is 9.30. The van der Waals surface area contributed by atoms with E-state index in [0.717, 1.165) is 17.4 Å². The van der Waals surface area contributed by atoms with Gasteiger partial charge in [0.05, 0.1) is 39.3 Å². The number of benzene rings is 2. The van der Waals surface area contributed by atoms with Crippen LogP contribution in [0, 0.1) is 12.7 Å². The van der Waals surface area contributed by atoms with Crippen LogP contribution in [0.4, 0.5) is 21.6 Å². The van der Waals surface area contributed by atoms with Crippen LogP contribution in [-0.2, 0) is 19.2 Å². The average molecular weight is 501 g/mol. The Morgan fingerprint density at radius 2 is 2.06 bits per heavy atom. The smallest absolute Gasteiger partial charge is 0.151 e. The van der Waals surface area contributed by atoms with Gasteiger partial charge in [0.15, 0.2) is 6.10 Å². The molecule has 0 spiro atoms. The molecule has 5 rings (SSSR count). The minimum absolute atomic E-state index is 0.0199. The molecular weight excluding hydrogens is 471 g/mol. The van der Waals surface area contributed by atoms with Crippen LogP contribution in [0.2, 0.25) is 0 Å². The Labute approximate surface area is 204 Å². The maximum atomic E-state index is 14.2. The molecule has 0 aliphatic carbocycles. The van der Waals surface area contributed by atoms with Crippen molar-refractivity contribution in [2.75, 3.05) is 24.8 Å². The predicted octanol–water partition coefficient (Wildman–Crippen LogP) is 4.89. The number of fused-ring (bicyclic) bond motifs is 2. The van der Waals surface area contributed by atoms with E-state index in [4.69, 9.17) is 14.2 Å². The summed E-state index contributed by atoms with van der Waals surface area (Å²) in [7, 11) is -2.38. The number of aryl methyl sites for hydroxylation is 1. The monoisotopic (exact) mass is 500 g/mol. The molecule has 3 heterocycles. The summed E-state index contributed by atoms with van der Waals surface area (Å²) in [6.45, 7) is 6.74. The molecule has 2 aliphatic rings. The molecule has 2 unspecified atom stereocenters. The number of ether oxygens (including phenoxy) is 3. The predicted molar refractivity (Wildman–Crippen MR) is 134 cm³/mol. The third-order valence-corrected chi connectivity index (χ3v) is 8.80. The zero-order valence-corrected chi connectivity index (χ0v) is 21.0. The average Bonchev–Trinajstić information content (AvgIpc) is 3.40. The summed E-state index contributed by atoms with van der Waals surface area (Å²) >= 11 is 0. The van der Waals surface area contributed by atoms with Crippen molar-refractivity contribution in [3.63, 3.8) is 0 Å². The second-order valence-corrected chi connectivity index (χ2v) is 12.1. The van der Waals surface area contributed by atoms with E-state index in [-0.39, 0.29) is 23.6 Å². The number of hydrogen-bond donors (Lipinski definition) is 1. The molecule has 2 aromatic carbocycles. The van der Waals surface area contributed by atoms with Crippen molar-refractivity contribution in [3.05, 3.63) is 48.0 Å². The highest BCUT2D eigenvalue weighted by molar-refractivity contribution is 7.93. The Bertz CT molecular complexity index is 1390. The molecule has 1 N–H and O–H groups in total. The van der Waals surface area contributed by atoms with Crippen LogP contribution in [0.25, 0.3) is 10.9 Å². The van der Waals surface area contributed by atoms with Gasteiger partial charge >= 0.3 is 0 Å². The molecular formula is C25H29FN4O4S. The molecule has 0 amide bonds. The van der Waals surface area contributed by atoms with Gasteiger partial charge in [-0.3, -0.25) is 0 Å². The van der Waals surface area contributed by atoms with Gasteiger partial charge in [0.1, 0.15) is 29.8 Å². The van der Waals surface area contributed by atoms with E-state index in [1.54, 1.807) is 18.4 Å². The highest BCUT2D eigenvalue weighted by atomic mass is 32.2. The van der Waals surface area contributed by atoms with Gasteiger partial charge in [-0.1, -0.05) is 13.8 Å². The fraction of sp³-hybridized carbons (Fsp3) is 0.440. The van der Waals surface area contributed by atoms with Crippen molar-refractivity contribution < 1.29 is 22.8 Å². The van der Waals surface area contributed by atoms with Crippen LogP contribution in [0.15, 0.2) is 41.0 Å². The van der Waals surface area contributed by atoms with Gasteiger partial charge in [0.25, 0.3) is 0 Å². The van der Waals surface area contributed by atoms with E-state index in [2.05, 4.69) is 19.6 Å². The van der Waals surface area contributed by atoms with Crippen molar-refractivity contribution >= 4 is 37.8 Å². The first-order valence-electron chi connectivity index (χ1n) is 11.6. The Kier molecular flexibility index (Phi) is 6.37. The van der Waals surface area contributed by atoms with Crippen molar-refractivity contribution in [2.45, 2.75) is 50.8 Å². The Morgan fingerprint density at radius 3 is 2.86 bits per heavy atom. The lowest BCUT2D eigenvalue weighted by atomic mass is 10.1. The Morgan fingerprint density at radius 1 is 1.23 bits per heavy atom. The summed E-state index contributed by atoms with van der Waals surface area (Å²) in [5, 5.41) is 4.01. The third-order valence-electron chi connectivity index (χ3n) is 6.48. The standard InChI is InChI=1S/C25H29FN4O4S/c1-14(2)35(4,31)30-17-9-15(3)23-19(11-17)27-13-28-25(23)29-18-6-5-16(26)10-21(18)34-22-12-33-20-7-8-32-24(20)22/h5-6,9-11,13-14,20,22,24H,7-8,12H2,1-4H3,(H,27,28,29)/t20-,22-,24?,35?/m1/s1. The van der Waals surface area contributed by atoms with Crippen LogP contribution in [0.1, 0.15) is 25.8 Å². The van der Waals surface area contributed by atoms with E-state index in [1.807, 2.05) is 26.8 Å². The van der Waals surface area contributed by atoms with Gasteiger partial charge < -0.3 is 19.5 Å². The minimum Gasteiger partial charge on any atom is -0.483 e. The highest BCUT2D eigenvalue weighted by Gasteiger charge is 2.43. The van der Waals surface area contributed by atoms with Crippen molar-refractivity contribution in [2.24, 2.45) is 4.36 Å². The maximum Gasteiger partial charge on any atom is 0.151 e. The molecule has 0 saturated carbocycles. The number of nitrogens with one attached hydrogen (secondary N) is 1. The zero-order valence-electron chi connectivity index (χ0n) is 20.2. The van der Waals surface area contributed by atoms with E-state index >= 15 is 0 Å². The normalized spacial score (nSPS) is 23.3. The molecule has 1 aromatic heterocycles. The quantitative estimate of drug-likeness (QED) is 0.515. The number of halogens is 1. The van der Waals surface area contributed by atoms with Crippen LogP contribution in [0.5, 0.6) is 5.75 Å². The molecule has 4 atom stereocenters. The number of hydrogen-bond acceptors (Lipinski definition) is 8. The number of nitrogens with zero attached hydrogens (tertiary/aromatic N) is 3. The van der Waals surface area contributed by atoms with E-state index in [0.29, 0.717) is 41.7 Å². The van der Waals surface area contributed by atoms with Gasteiger partial charge in [0.2, 0.25) is 0 Å². The summed E-state index contributed by atoms with van der Waals surface area (Å²) < 4.78 is 49.2. The summed E-state index contributed by atoms with van der Waals surface area (Å²) in [5.74, 6) is 0.499. The molecule has 35 heavy (non-hydrogen) atoms. The van der Waals surface area contributed by atoms with Crippen molar-refractivity contribution in [1.82, 2.24) is 9.97 Å². The largest absolute Gasteiger partial charge is 0.483 e. The molecule has 3 aromatic rings. The molecule has 2 aliphatic heterocycles. The first-order chi connectivity index (χ1) is 16.7. The van der Waals surface area contributed by atoms with Gasteiger partial charge in [-0.25, -0.2) is 18.6 Å². The van der Waals surface area contributed by atoms with E-state index in [9.17, 15) is 8.60 Å². The zero-order chi connectivity index (χ0) is 24.7. The number of rotatable bonds is 6. The number of anilines is 2. The van der Waals surface area contributed by atoms with Gasteiger partial charge in [-0.2, -0.15) is 4.36 Å². The minimum atomic E-state index is -2.38. The molecule has 0 radical (unpaired) electrons. The topological polar surface area (TPSA) is 94.9 Å². The molecule has 2 fully saturated rings. The fourth-order valence-electron chi connectivity index (χ4n) is 4.35.